The topological polar surface area (TPSA) is 46.6 Å². The maximum atomic E-state index is 5.77. The molecule has 1 aromatic heterocycles. The highest BCUT2D eigenvalue weighted by atomic mass is 32.1. The summed E-state index contributed by atoms with van der Waals surface area (Å²) in [6.07, 6.45) is 2.42. The number of hydrogen-bond acceptors (Lipinski definition) is 6. The number of para-hydroxylation sites is 1. The van der Waals surface area contributed by atoms with Crippen molar-refractivity contribution in [2.75, 3.05) is 44.8 Å². The summed E-state index contributed by atoms with van der Waals surface area (Å²) in [6, 6.07) is 16.1. The van der Waals surface area contributed by atoms with Crippen LogP contribution in [0, 0.1) is 5.92 Å². The second-order valence-corrected chi connectivity index (χ2v) is 8.13. The third-order valence-electron chi connectivity index (χ3n) is 5.21. The third kappa shape index (κ3) is 4.75. The molecule has 1 aliphatic heterocycles. The molecule has 6 heteroatoms. The van der Waals surface area contributed by atoms with E-state index in [2.05, 4.69) is 34.5 Å². The quantitative estimate of drug-likeness (QED) is 0.578. The van der Waals surface area contributed by atoms with Crippen LogP contribution < -0.4 is 19.7 Å². The molecule has 28 heavy (non-hydrogen) atoms. The standard InChI is InChI=1S/C22H27N3O2S/c1-26-18-6-8-19(9-7-18)27-15-12-23-16-17-10-13-25(14-11-17)22-24-20-4-2-3-5-21(20)28-22/h2-9,17,23H,10-16H2,1H3. The summed E-state index contributed by atoms with van der Waals surface area (Å²) < 4.78 is 12.2. The summed E-state index contributed by atoms with van der Waals surface area (Å²) in [5.41, 5.74) is 1.11. The van der Waals surface area contributed by atoms with E-state index in [9.17, 15) is 0 Å². The van der Waals surface area contributed by atoms with Crippen LogP contribution in [-0.2, 0) is 0 Å². The molecular formula is C22H27N3O2S. The maximum absolute atomic E-state index is 5.77. The Morgan fingerprint density at radius 1 is 1.07 bits per heavy atom. The Hall–Kier alpha value is -2.31. The number of aromatic nitrogens is 1. The van der Waals surface area contributed by atoms with Gasteiger partial charge in [0.2, 0.25) is 0 Å². The Morgan fingerprint density at radius 3 is 2.57 bits per heavy atom. The molecule has 2 heterocycles. The first-order chi connectivity index (χ1) is 13.8. The van der Waals surface area contributed by atoms with Gasteiger partial charge in [0, 0.05) is 19.6 Å². The molecule has 0 radical (unpaired) electrons. The fourth-order valence-electron chi connectivity index (χ4n) is 3.54. The molecule has 0 aliphatic carbocycles. The molecule has 0 unspecified atom stereocenters. The smallest absolute Gasteiger partial charge is 0.186 e. The number of anilines is 1. The number of ether oxygens (including phenoxy) is 2. The van der Waals surface area contributed by atoms with Gasteiger partial charge in [0.1, 0.15) is 18.1 Å². The van der Waals surface area contributed by atoms with Crippen LogP contribution in [0.3, 0.4) is 0 Å². The molecule has 0 bridgehead atoms. The van der Waals surface area contributed by atoms with E-state index in [1.54, 1.807) is 18.4 Å². The molecular weight excluding hydrogens is 370 g/mol. The Morgan fingerprint density at radius 2 is 1.82 bits per heavy atom. The predicted molar refractivity (Wildman–Crippen MR) is 116 cm³/mol. The first kappa shape index (κ1) is 19.0. The van der Waals surface area contributed by atoms with Crippen LogP contribution in [0.1, 0.15) is 12.8 Å². The number of piperidine rings is 1. The van der Waals surface area contributed by atoms with Gasteiger partial charge in [-0.15, -0.1) is 0 Å². The lowest BCUT2D eigenvalue weighted by Crippen LogP contribution is -2.38. The van der Waals surface area contributed by atoms with Crippen LogP contribution in [0.4, 0.5) is 5.13 Å². The summed E-state index contributed by atoms with van der Waals surface area (Å²) in [7, 11) is 1.67. The summed E-state index contributed by atoms with van der Waals surface area (Å²) in [6.45, 7) is 4.78. The second kappa shape index (κ2) is 9.26. The SMILES string of the molecule is COc1ccc(OCCNCC2CCN(c3nc4ccccc4s3)CC2)cc1. The molecule has 0 atom stereocenters. The molecule has 1 aliphatic rings. The minimum absolute atomic E-state index is 0.677. The van der Waals surface area contributed by atoms with Crippen molar-refractivity contribution in [3.63, 3.8) is 0 Å². The Labute approximate surface area is 170 Å². The van der Waals surface area contributed by atoms with Gasteiger partial charge in [-0.1, -0.05) is 23.5 Å². The highest BCUT2D eigenvalue weighted by Gasteiger charge is 2.21. The van der Waals surface area contributed by atoms with Gasteiger partial charge in [-0.2, -0.15) is 0 Å². The summed E-state index contributed by atoms with van der Waals surface area (Å²) in [5, 5.41) is 4.71. The van der Waals surface area contributed by atoms with Gasteiger partial charge in [0.25, 0.3) is 0 Å². The minimum Gasteiger partial charge on any atom is -0.497 e. The van der Waals surface area contributed by atoms with E-state index in [1.165, 1.54) is 22.7 Å². The van der Waals surface area contributed by atoms with Crippen LogP contribution in [0.15, 0.2) is 48.5 Å². The highest BCUT2D eigenvalue weighted by molar-refractivity contribution is 7.22. The van der Waals surface area contributed by atoms with E-state index >= 15 is 0 Å². The van der Waals surface area contributed by atoms with Gasteiger partial charge in [-0.25, -0.2) is 4.98 Å². The number of thiazole rings is 1. The monoisotopic (exact) mass is 397 g/mol. The van der Waals surface area contributed by atoms with Crippen LogP contribution >= 0.6 is 11.3 Å². The molecule has 0 spiro atoms. The molecule has 4 rings (SSSR count). The molecule has 2 aromatic carbocycles. The predicted octanol–water partition coefficient (Wildman–Crippen LogP) is 4.19. The maximum Gasteiger partial charge on any atom is 0.186 e. The molecule has 0 saturated carbocycles. The molecule has 148 valence electrons. The lowest BCUT2D eigenvalue weighted by molar-refractivity contribution is 0.301. The summed E-state index contributed by atoms with van der Waals surface area (Å²) >= 11 is 1.80. The number of benzene rings is 2. The van der Waals surface area contributed by atoms with Crippen molar-refractivity contribution in [3.05, 3.63) is 48.5 Å². The van der Waals surface area contributed by atoms with Gasteiger partial charge in [0.05, 0.1) is 17.3 Å². The zero-order valence-electron chi connectivity index (χ0n) is 16.3. The first-order valence-electron chi connectivity index (χ1n) is 9.90. The van der Waals surface area contributed by atoms with E-state index in [0.717, 1.165) is 49.1 Å². The largest absolute Gasteiger partial charge is 0.497 e. The number of methoxy groups -OCH3 is 1. The van der Waals surface area contributed by atoms with Crippen LogP contribution in [0.2, 0.25) is 0 Å². The molecule has 1 fully saturated rings. The highest BCUT2D eigenvalue weighted by Crippen LogP contribution is 2.31. The van der Waals surface area contributed by atoms with E-state index in [4.69, 9.17) is 14.5 Å². The molecule has 5 nitrogen and oxygen atoms in total. The van der Waals surface area contributed by atoms with E-state index in [1.807, 2.05) is 24.3 Å². The average molecular weight is 398 g/mol. The van der Waals surface area contributed by atoms with Crippen molar-refractivity contribution in [1.29, 1.82) is 0 Å². The van der Waals surface area contributed by atoms with Crippen LogP contribution in [0.5, 0.6) is 11.5 Å². The summed E-state index contributed by atoms with van der Waals surface area (Å²) in [4.78, 5) is 7.23. The number of nitrogens with zero attached hydrogens (tertiary/aromatic N) is 2. The Kier molecular flexibility index (Phi) is 6.29. The van der Waals surface area contributed by atoms with Gasteiger partial charge in [0.15, 0.2) is 5.13 Å². The first-order valence-corrected chi connectivity index (χ1v) is 10.7. The van der Waals surface area contributed by atoms with Crippen molar-refractivity contribution in [3.8, 4) is 11.5 Å². The normalized spacial score (nSPS) is 15.1. The van der Waals surface area contributed by atoms with Crippen molar-refractivity contribution >= 4 is 26.7 Å². The van der Waals surface area contributed by atoms with Crippen LogP contribution in [-0.4, -0.2) is 44.9 Å². The van der Waals surface area contributed by atoms with Crippen molar-refractivity contribution in [2.45, 2.75) is 12.8 Å². The molecule has 1 saturated heterocycles. The van der Waals surface area contributed by atoms with Gasteiger partial charge < -0.3 is 19.7 Å². The Bertz CT molecular complexity index is 840. The Balaban J connectivity index is 1.14. The molecule has 3 aromatic rings. The van der Waals surface area contributed by atoms with Gasteiger partial charge in [-0.3, -0.25) is 0 Å². The number of rotatable bonds is 8. The molecule has 0 amide bonds. The van der Waals surface area contributed by atoms with Gasteiger partial charge >= 0.3 is 0 Å². The zero-order valence-corrected chi connectivity index (χ0v) is 17.1. The number of hydrogen-bond donors (Lipinski definition) is 1. The number of nitrogens with one attached hydrogen (secondary N) is 1. The van der Waals surface area contributed by atoms with Crippen molar-refractivity contribution < 1.29 is 9.47 Å². The van der Waals surface area contributed by atoms with Crippen LogP contribution in [0.25, 0.3) is 10.2 Å². The number of fused-ring (bicyclic) bond motifs is 1. The third-order valence-corrected chi connectivity index (χ3v) is 6.30. The van der Waals surface area contributed by atoms with E-state index in [0.29, 0.717) is 6.61 Å². The zero-order chi connectivity index (χ0) is 19.2. The fraction of sp³-hybridized carbons (Fsp3) is 0.409. The van der Waals surface area contributed by atoms with Crippen molar-refractivity contribution in [1.82, 2.24) is 10.3 Å². The van der Waals surface area contributed by atoms with E-state index < -0.39 is 0 Å². The van der Waals surface area contributed by atoms with Crippen molar-refractivity contribution in [2.24, 2.45) is 5.92 Å². The average Bonchev–Trinajstić information content (AvgIpc) is 3.19. The fourth-order valence-corrected chi connectivity index (χ4v) is 4.56. The minimum atomic E-state index is 0.677. The summed E-state index contributed by atoms with van der Waals surface area (Å²) in [5.74, 6) is 2.46. The van der Waals surface area contributed by atoms with Gasteiger partial charge in [-0.05, 0) is 61.7 Å². The second-order valence-electron chi connectivity index (χ2n) is 7.12. The lowest BCUT2D eigenvalue weighted by atomic mass is 9.97. The van der Waals surface area contributed by atoms with E-state index in [-0.39, 0.29) is 0 Å². The lowest BCUT2D eigenvalue weighted by Gasteiger charge is -2.31. The molecule has 1 N–H and O–H groups in total.